The van der Waals surface area contributed by atoms with Crippen molar-refractivity contribution in [2.24, 2.45) is 4.99 Å². The number of carbonyl (C=O) groups is 1. The number of amides is 1. The molecule has 5 nitrogen and oxygen atoms in total. The summed E-state index contributed by atoms with van der Waals surface area (Å²) in [5.74, 6) is 1.01. The molecule has 5 rings (SSSR count). The number of aliphatic imine (C=N–C) groups is 1. The number of nitrogens with zero attached hydrogens (tertiary/aromatic N) is 3. The van der Waals surface area contributed by atoms with Crippen LogP contribution in [0.2, 0.25) is 10.0 Å². The molecule has 1 aromatic heterocycles. The van der Waals surface area contributed by atoms with Gasteiger partial charge in [0.2, 0.25) is 0 Å². The van der Waals surface area contributed by atoms with E-state index in [4.69, 9.17) is 27.6 Å². The van der Waals surface area contributed by atoms with E-state index in [0.717, 1.165) is 36.9 Å². The van der Waals surface area contributed by atoms with Crippen LogP contribution in [0.3, 0.4) is 0 Å². The van der Waals surface area contributed by atoms with Crippen molar-refractivity contribution in [3.05, 3.63) is 81.4 Å². The van der Waals surface area contributed by atoms with Gasteiger partial charge in [-0.15, -0.1) is 0 Å². The summed E-state index contributed by atoms with van der Waals surface area (Å²) in [7, 11) is 0. The topological polar surface area (TPSA) is 49.1 Å². The van der Waals surface area contributed by atoms with Gasteiger partial charge in [0.1, 0.15) is 11.5 Å². The number of hydrogen-bond donors (Lipinski definition) is 0. The molecule has 0 spiro atoms. The third kappa shape index (κ3) is 4.44. The molecule has 3 heterocycles. The maximum absolute atomic E-state index is 12.5. The lowest BCUT2D eigenvalue weighted by molar-refractivity contribution is -0.113. The molecule has 0 aliphatic carbocycles. The van der Waals surface area contributed by atoms with Crippen LogP contribution in [0.5, 0.6) is 0 Å². The summed E-state index contributed by atoms with van der Waals surface area (Å²) in [6.07, 6.45) is 1.74. The molecule has 1 fully saturated rings. The molecule has 0 atom stereocenters. The predicted molar refractivity (Wildman–Crippen MR) is 132 cm³/mol. The fourth-order valence-electron chi connectivity index (χ4n) is 3.69. The Morgan fingerprint density at radius 1 is 0.906 bits per heavy atom. The summed E-state index contributed by atoms with van der Waals surface area (Å²) in [5, 5.41) is 1.71. The Labute approximate surface area is 200 Å². The van der Waals surface area contributed by atoms with Gasteiger partial charge in [-0.3, -0.25) is 4.79 Å². The maximum atomic E-state index is 12.5. The monoisotopic (exact) mass is 483 g/mol. The molecule has 0 N–H and O–H groups in total. The molecule has 2 aliphatic heterocycles. The van der Waals surface area contributed by atoms with Crippen LogP contribution in [0.4, 0.5) is 5.69 Å². The number of thioether (sulfide) groups is 1. The van der Waals surface area contributed by atoms with Crippen LogP contribution in [-0.2, 0) is 4.79 Å². The van der Waals surface area contributed by atoms with Gasteiger partial charge in [-0.1, -0.05) is 41.4 Å². The first-order valence-electron chi connectivity index (χ1n) is 10.2. The molecule has 0 unspecified atom stereocenters. The molecule has 8 heteroatoms. The van der Waals surface area contributed by atoms with E-state index in [1.165, 1.54) is 17.4 Å². The van der Waals surface area contributed by atoms with Gasteiger partial charge in [-0.25, -0.2) is 0 Å². The van der Waals surface area contributed by atoms with Crippen LogP contribution in [-0.4, -0.2) is 42.2 Å². The van der Waals surface area contributed by atoms with Gasteiger partial charge in [0.05, 0.1) is 15.0 Å². The van der Waals surface area contributed by atoms with E-state index in [1.54, 1.807) is 18.2 Å². The highest BCUT2D eigenvalue weighted by Gasteiger charge is 2.28. The van der Waals surface area contributed by atoms with Crippen molar-refractivity contribution in [3.63, 3.8) is 0 Å². The number of amidine groups is 1. The smallest absolute Gasteiger partial charge is 0.286 e. The molecule has 0 bridgehead atoms. The van der Waals surface area contributed by atoms with Crippen molar-refractivity contribution in [1.82, 2.24) is 4.90 Å². The quantitative estimate of drug-likeness (QED) is 0.424. The lowest BCUT2D eigenvalue weighted by Gasteiger charge is -2.36. The summed E-state index contributed by atoms with van der Waals surface area (Å²) in [6.45, 7) is 3.43. The Morgan fingerprint density at radius 2 is 1.66 bits per heavy atom. The van der Waals surface area contributed by atoms with Crippen LogP contribution in [0, 0.1) is 0 Å². The number of halogens is 2. The van der Waals surface area contributed by atoms with Crippen molar-refractivity contribution in [2.45, 2.75) is 0 Å². The first-order chi connectivity index (χ1) is 15.6. The minimum atomic E-state index is -0.233. The van der Waals surface area contributed by atoms with Crippen LogP contribution in [0.15, 0.2) is 75.0 Å². The van der Waals surface area contributed by atoms with Gasteiger partial charge < -0.3 is 14.2 Å². The second kappa shape index (κ2) is 9.06. The minimum absolute atomic E-state index is 0.233. The van der Waals surface area contributed by atoms with E-state index in [1.807, 2.05) is 24.3 Å². The Hall–Kier alpha value is -2.67. The molecule has 2 aromatic carbocycles. The Kier molecular flexibility index (Phi) is 6.00. The molecule has 0 saturated carbocycles. The zero-order chi connectivity index (χ0) is 22.1. The second-order valence-electron chi connectivity index (χ2n) is 7.45. The zero-order valence-corrected chi connectivity index (χ0v) is 19.3. The average molecular weight is 484 g/mol. The molecular formula is C24H19Cl2N3O2S. The minimum Gasteiger partial charge on any atom is -0.457 e. The highest BCUT2D eigenvalue weighted by Crippen LogP contribution is 2.33. The molecule has 1 saturated heterocycles. The van der Waals surface area contributed by atoms with Crippen LogP contribution in [0.1, 0.15) is 5.76 Å². The van der Waals surface area contributed by atoms with Gasteiger partial charge in [0.15, 0.2) is 5.17 Å². The van der Waals surface area contributed by atoms with Crippen LogP contribution in [0.25, 0.3) is 17.4 Å². The van der Waals surface area contributed by atoms with Gasteiger partial charge in [0.25, 0.3) is 5.91 Å². The summed E-state index contributed by atoms with van der Waals surface area (Å²) >= 11 is 13.5. The van der Waals surface area contributed by atoms with Crippen molar-refractivity contribution < 1.29 is 9.21 Å². The van der Waals surface area contributed by atoms with Gasteiger partial charge in [-0.2, -0.15) is 4.99 Å². The first kappa shape index (κ1) is 21.2. The molecule has 32 heavy (non-hydrogen) atoms. The maximum Gasteiger partial charge on any atom is 0.286 e. The summed E-state index contributed by atoms with van der Waals surface area (Å²) in [4.78, 5) is 21.8. The molecule has 0 radical (unpaired) electrons. The van der Waals surface area contributed by atoms with E-state index in [0.29, 0.717) is 26.5 Å². The Balaban J connectivity index is 1.24. The van der Waals surface area contributed by atoms with Crippen LogP contribution >= 0.6 is 35.0 Å². The van der Waals surface area contributed by atoms with Gasteiger partial charge in [0, 0.05) is 43.5 Å². The standard InChI is InChI=1S/C24H19Cl2N3O2S/c25-19-8-6-16(14-20(19)26)21-9-7-18(31-21)15-22-23(30)27-24(32-22)29-12-10-28(11-13-29)17-4-2-1-3-5-17/h1-9,14-15H,10-13H2. The SMILES string of the molecule is O=C1N=C(N2CCN(c3ccccc3)CC2)SC1=Cc1ccc(-c2ccc(Cl)c(Cl)c2)o1. The lowest BCUT2D eigenvalue weighted by atomic mass is 10.2. The third-order valence-electron chi connectivity index (χ3n) is 5.39. The number of anilines is 1. The van der Waals surface area contributed by atoms with Crippen molar-refractivity contribution in [1.29, 1.82) is 0 Å². The largest absolute Gasteiger partial charge is 0.457 e. The third-order valence-corrected chi connectivity index (χ3v) is 7.17. The molecule has 2 aliphatic rings. The van der Waals surface area contributed by atoms with Crippen molar-refractivity contribution in [2.75, 3.05) is 31.1 Å². The normalized spacial score (nSPS) is 17.9. The fourth-order valence-corrected chi connectivity index (χ4v) is 4.94. The highest BCUT2D eigenvalue weighted by atomic mass is 35.5. The predicted octanol–water partition coefficient (Wildman–Crippen LogP) is 6.05. The summed E-state index contributed by atoms with van der Waals surface area (Å²) < 4.78 is 5.90. The van der Waals surface area contributed by atoms with E-state index in [-0.39, 0.29) is 5.91 Å². The average Bonchev–Trinajstić information content (AvgIpc) is 3.43. The van der Waals surface area contributed by atoms with E-state index < -0.39 is 0 Å². The zero-order valence-electron chi connectivity index (χ0n) is 17.0. The Morgan fingerprint density at radius 3 is 2.41 bits per heavy atom. The molecule has 162 valence electrons. The number of para-hydroxylation sites is 1. The molecule has 3 aromatic rings. The van der Waals surface area contributed by atoms with E-state index in [9.17, 15) is 4.79 Å². The van der Waals surface area contributed by atoms with Crippen molar-refractivity contribution >= 4 is 57.8 Å². The first-order valence-corrected chi connectivity index (χ1v) is 11.8. The number of furan rings is 1. The summed E-state index contributed by atoms with van der Waals surface area (Å²) in [5.41, 5.74) is 2.04. The fraction of sp³-hybridized carbons (Fsp3) is 0.167. The Bertz CT molecular complexity index is 1210. The van der Waals surface area contributed by atoms with Crippen LogP contribution < -0.4 is 4.90 Å². The summed E-state index contributed by atoms with van der Waals surface area (Å²) in [6, 6.07) is 19.4. The second-order valence-corrected chi connectivity index (χ2v) is 9.27. The van der Waals surface area contributed by atoms with Gasteiger partial charge >= 0.3 is 0 Å². The van der Waals surface area contributed by atoms with E-state index in [2.05, 4.69) is 39.1 Å². The number of rotatable bonds is 3. The molecular weight excluding hydrogens is 465 g/mol. The molecule has 1 amide bonds. The van der Waals surface area contributed by atoms with Gasteiger partial charge in [-0.05, 0) is 54.2 Å². The highest BCUT2D eigenvalue weighted by molar-refractivity contribution is 8.18. The lowest BCUT2D eigenvalue weighted by Crippen LogP contribution is -2.47. The number of benzene rings is 2. The number of piperazine rings is 1. The van der Waals surface area contributed by atoms with Crippen molar-refractivity contribution in [3.8, 4) is 11.3 Å². The van der Waals surface area contributed by atoms with E-state index >= 15 is 0 Å². The number of carbonyl (C=O) groups excluding carboxylic acids is 1. The number of hydrogen-bond acceptors (Lipinski definition) is 5.